The van der Waals surface area contributed by atoms with Gasteiger partial charge in [-0.3, -0.25) is 14.6 Å². The summed E-state index contributed by atoms with van der Waals surface area (Å²) >= 11 is 0. The van der Waals surface area contributed by atoms with Gasteiger partial charge in [0.25, 0.3) is 11.7 Å². The van der Waals surface area contributed by atoms with Crippen LogP contribution in [-0.2, 0) is 16.1 Å². The highest BCUT2D eigenvalue weighted by molar-refractivity contribution is 6.46. The maximum absolute atomic E-state index is 13.1. The van der Waals surface area contributed by atoms with E-state index in [0.29, 0.717) is 28.3 Å². The molecule has 1 aliphatic rings. The normalized spacial score (nSPS) is 17.4. The lowest BCUT2D eigenvalue weighted by Crippen LogP contribution is -2.29. The van der Waals surface area contributed by atoms with Crippen LogP contribution >= 0.6 is 0 Å². The maximum atomic E-state index is 13.1. The third-order valence-electron chi connectivity index (χ3n) is 5.37. The van der Waals surface area contributed by atoms with Crippen molar-refractivity contribution in [1.29, 1.82) is 0 Å². The lowest BCUT2D eigenvalue weighted by Gasteiger charge is -2.25. The predicted octanol–water partition coefficient (Wildman–Crippen LogP) is 3.72. The van der Waals surface area contributed by atoms with Crippen molar-refractivity contribution in [2.24, 2.45) is 0 Å². The van der Waals surface area contributed by atoms with Gasteiger partial charge in [-0.15, -0.1) is 0 Å². The molecule has 4 rings (SSSR count). The van der Waals surface area contributed by atoms with E-state index in [2.05, 4.69) is 4.98 Å². The summed E-state index contributed by atoms with van der Waals surface area (Å²) in [5, 5.41) is 11.1. The molecular formula is C25H22N2O5. The van der Waals surface area contributed by atoms with E-state index in [1.54, 1.807) is 74.0 Å². The van der Waals surface area contributed by atoms with Crippen LogP contribution in [-0.4, -0.2) is 40.9 Å². The Bertz CT molecular complexity index is 1170. The molecule has 162 valence electrons. The zero-order valence-electron chi connectivity index (χ0n) is 17.7. The van der Waals surface area contributed by atoms with Gasteiger partial charge in [0.1, 0.15) is 17.3 Å². The molecule has 0 aliphatic carbocycles. The minimum absolute atomic E-state index is 0.0179. The average Bonchev–Trinajstić information content (AvgIpc) is 3.09. The number of ketones is 1. The van der Waals surface area contributed by atoms with Gasteiger partial charge in [-0.2, -0.15) is 0 Å². The minimum atomic E-state index is -0.783. The van der Waals surface area contributed by atoms with E-state index in [0.717, 1.165) is 0 Å². The number of carbonyl (C=O) groups excluding carboxylic acids is 2. The van der Waals surface area contributed by atoms with Crippen molar-refractivity contribution in [2.45, 2.75) is 12.6 Å². The van der Waals surface area contributed by atoms with Crippen LogP contribution in [0.5, 0.6) is 11.5 Å². The number of methoxy groups -OCH3 is 2. The first-order chi connectivity index (χ1) is 15.5. The minimum Gasteiger partial charge on any atom is -0.507 e. The van der Waals surface area contributed by atoms with E-state index in [-0.39, 0.29) is 17.9 Å². The lowest BCUT2D eigenvalue weighted by molar-refractivity contribution is -0.140. The van der Waals surface area contributed by atoms with Gasteiger partial charge in [-0.05, 0) is 42.0 Å². The number of carbonyl (C=O) groups is 2. The Balaban J connectivity index is 1.85. The Labute approximate surface area is 185 Å². The Morgan fingerprint density at radius 1 is 0.969 bits per heavy atom. The van der Waals surface area contributed by atoms with Crippen LogP contribution in [0.25, 0.3) is 5.76 Å². The van der Waals surface area contributed by atoms with Crippen molar-refractivity contribution in [3.05, 3.63) is 95.3 Å². The van der Waals surface area contributed by atoms with Crippen LogP contribution in [0.15, 0.2) is 78.5 Å². The van der Waals surface area contributed by atoms with E-state index >= 15 is 0 Å². The fraction of sp³-hybridized carbons (Fsp3) is 0.160. The molecule has 0 radical (unpaired) electrons. The number of aliphatic hydroxyl groups excluding tert-OH is 1. The summed E-state index contributed by atoms with van der Waals surface area (Å²) in [5.41, 5.74) is 1.71. The van der Waals surface area contributed by atoms with Gasteiger partial charge in [0.15, 0.2) is 0 Å². The molecule has 32 heavy (non-hydrogen) atoms. The lowest BCUT2D eigenvalue weighted by atomic mass is 9.95. The van der Waals surface area contributed by atoms with E-state index in [1.807, 2.05) is 6.07 Å². The van der Waals surface area contributed by atoms with Gasteiger partial charge in [0.05, 0.1) is 38.1 Å². The van der Waals surface area contributed by atoms with Crippen molar-refractivity contribution in [1.82, 2.24) is 9.88 Å². The molecule has 0 spiro atoms. The second-order valence-corrected chi connectivity index (χ2v) is 7.25. The Kier molecular flexibility index (Phi) is 5.89. The molecule has 1 amide bonds. The Hall–Kier alpha value is -4.13. The molecule has 7 heteroatoms. The number of likely N-dealkylation sites (tertiary alicyclic amines) is 1. The van der Waals surface area contributed by atoms with Crippen molar-refractivity contribution < 1.29 is 24.2 Å². The second-order valence-electron chi connectivity index (χ2n) is 7.25. The van der Waals surface area contributed by atoms with Crippen LogP contribution in [0, 0.1) is 0 Å². The number of aromatic nitrogens is 1. The largest absolute Gasteiger partial charge is 0.507 e. The number of rotatable bonds is 6. The fourth-order valence-electron chi connectivity index (χ4n) is 3.77. The topological polar surface area (TPSA) is 89.0 Å². The van der Waals surface area contributed by atoms with Crippen LogP contribution in [0.2, 0.25) is 0 Å². The van der Waals surface area contributed by atoms with Crippen molar-refractivity contribution >= 4 is 17.4 Å². The highest BCUT2D eigenvalue weighted by Gasteiger charge is 2.46. The third kappa shape index (κ3) is 3.92. The number of nitrogens with zero attached hydrogens (tertiary/aromatic N) is 2. The molecule has 1 N–H and O–H groups in total. The molecular weight excluding hydrogens is 408 g/mol. The summed E-state index contributed by atoms with van der Waals surface area (Å²) < 4.78 is 10.5. The maximum Gasteiger partial charge on any atom is 0.296 e. The molecule has 0 saturated carbocycles. The number of hydrogen-bond donors (Lipinski definition) is 1. The van der Waals surface area contributed by atoms with Crippen LogP contribution in [0.3, 0.4) is 0 Å². The Morgan fingerprint density at radius 2 is 1.72 bits per heavy atom. The number of Topliss-reactive ketones (excluding diaryl/α,β-unsaturated/α-hetero) is 1. The van der Waals surface area contributed by atoms with Gasteiger partial charge >= 0.3 is 0 Å². The summed E-state index contributed by atoms with van der Waals surface area (Å²) in [7, 11) is 3.08. The summed E-state index contributed by atoms with van der Waals surface area (Å²) in [4.78, 5) is 31.9. The molecule has 3 aromatic rings. The van der Waals surface area contributed by atoms with Gasteiger partial charge < -0.3 is 19.5 Å². The molecule has 1 aromatic heterocycles. The second kappa shape index (κ2) is 8.93. The SMILES string of the molecule is COc1ccc(C2/C(=C(/O)c3cccc(OC)c3)C(=O)C(=O)N2Cc2ccccn2)cc1. The zero-order valence-corrected chi connectivity index (χ0v) is 17.7. The molecule has 7 nitrogen and oxygen atoms in total. The molecule has 1 unspecified atom stereocenters. The molecule has 2 heterocycles. The Morgan fingerprint density at radius 3 is 2.38 bits per heavy atom. The van der Waals surface area contributed by atoms with E-state index in [9.17, 15) is 14.7 Å². The van der Waals surface area contributed by atoms with Gasteiger partial charge in [0.2, 0.25) is 0 Å². The van der Waals surface area contributed by atoms with E-state index in [4.69, 9.17) is 9.47 Å². The predicted molar refractivity (Wildman–Crippen MR) is 118 cm³/mol. The number of ether oxygens (including phenoxy) is 2. The summed E-state index contributed by atoms with van der Waals surface area (Å²) in [6, 6.07) is 18.4. The highest BCUT2D eigenvalue weighted by Crippen LogP contribution is 2.40. The van der Waals surface area contributed by atoms with Crippen LogP contribution in [0.1, 0.15) is 22.9 Å². The molecule has 1 atom stereocenters. The summed E-state index contributed by atoms with van der Waals surface area (Å²) in [6.45, 7) is 0.122. The highest BCUT2D eigenvalue weighted by atomic mass is 16.5. The number of pyridine rings is 1. The molecule has 2 aromatic carbocycles. The van der Waals surface area contributed by atoms with Crippen molar-refractivity contribution in [3.63, 3.8) is 0 Å². The first kappa shape index (κ1) is 21.1. The first-order valence-electron chi connectivity index (χ1n) is 10.00. The number of amides is 1. The van der Waals surface area contributed by atoms with Gasteiger partial charge in [-0.25, -0.2) is 0 Å². The third-order valence-corrected chi connectivity index (χ3v) is 5.37. The number of benzene rings is 2. The summed E-state index contributed by atoms with van der Waals surface area (Å²) in [5.74, 6) is -0.532. The first-order valence-corrected chi connectivity index (χ1v) is 10.00. The smallest absolute Gasteiger partial charge is 0.296 e. The molecule has 0 bridgehead atoms. The molecule has 1 saturated heterocycles. The zero-order chi connectivity index (χ0) is 22.7. The van der Waals surface area contributed by atoms with Crippen LogP contribution in [0.4, 0.5) is 0 Å². The van der Waals surface area contributed by atoms with Crippen LogP contribution < -0.4 is 9.47 Å². The monoisotopic (exact) mass is 430 g/mol. The molecule has 1 aliphatic heterocycles. The summed E-state index contributed by atoms with van der Waals surface area (Å²) in [6.07, 6.45) is 1.63. The van der Waals surface area contributed by atoms with Gasteiger partial charge in [0, 0.05) is 11.8 Å². The van der Waals surface area contributed by atoms with Crippen molar-refractivity contribution in [3.8, 4) is 11.5 Å². The number of hydrogen-bond acceptors (Lipinski definition) is 6. The average molecular weight is 430 g/mol. The van der Waals surface area contributed by atoms with E-state index < -0.39 is 17.7 Å². The number of aliphatic hydroxyl groups is 1. The van der Waals surface area contributed by atoms with E-state index in [1.165, 1.54) is 12.0 Å². The van der Waals surface area contributed by atoms with Gasteiger partial charge in [-0.1, -0.05) is 30.3 Å². The molecule has 1 fully saturated rings. The van der Waals surface area contributed by atoms with Crippen molar-refractivity contribution in [2.75, 3.05) is 14.2 Å². The fourth-order valence-corrected chi connectivity index (χ4v) is 3.77. The standard InChI is InChI=1S/C25H22N2O5/c1-31-19-11-9-16(10-12-19)22-21(23(28)17-6-5-8-20(14-17)32-2)24(29)25(30)27(22)15-18-7-3-4-13-26-18/h3-14,22,28H,15H2,1-2H3/b23-21-. The quantitative estimate of drug-likeness (QED) is 0.364.